The molecule has 10 heavy (non-hydrogen) atoms. The monoisotopic (exact) mass is 162 g/mol. The molecule has 0 aliphatic carbocycles. The molecule has 1 heterocycles. The minimum Gasteiger partial charge on any atom is -0.481 e. The van der Waals surface area contributed by atoms with E-state index in [2.05, 4.69) is 10.2 Å². The molecule has 0 aliphatic rings. The third-order valence-corrected chi connectivity index (χ3v) is 0.910. The van der Waals surface area contributed by atoms with E-state index < -0.39 is 5.97 Å². The fraction of sp³-hybridized carbons (Fsp3) is 0.200. The van der Waals surface area contributed by atoms with Crippen LogP contribution in [0, 0.1) is 0 Å². The summed E-state index contributed by atoms with van der Waals surface area (Å²) in [5.41, 5.74) is 0.697. The summed E-state index contributed by atoms with van der Waals surface area (Å²) in [7, 11) is 0. The first-order chi connectivity index (χ1) is 4.29. The summed E-state index contributed by atoms with van der Waals surface area (Å²) in [4.78, 5) is 10.0. The second kappa shape index (κ2) is 3.90. The maximum atomic E-state index is 10.0. The molecule has 0 fully saturated rings. The molecule has 0 spiro atoms. The molecule has 0 aromatic carbocycles. The van der Waals surface area contributed by atoms with Crippen molar-refractivity contribution in [3.63, 3.8) is 0 Å². The van der Waals surface area contributed by atoms with Crippen molar-refractivity contribution in [1.29, 1.82) is 0 Å². The Labute approximate surface area is 63.7 Å². The number of aromatic amines is 1. The number of carbonyl (C=O) groups is 1. The lowest BCUT2D eigenvalue weighted by Gasteiger charge is -1.84. The quantitative estimate of drug-likeness (QED) is 0.664. The third kappa shape index (κ3) is 2.50. The summed E-state index contributed by atoms with van der Waals surface area (Å²) in [6.45, 7) is 0. The van der Waals surface area contributed by atoms with Crippen LogP contribution >= 0.6 is 12.4 Å². The lowest BCUT2D eigenvalue weighted by molar-refractivity contribution is -0.136. The first-order valence-corrected chi connectivity index (χ1v) is 2.48. The summed E-state index contributed by atoms with van der Waals surface area (Å²) in [5, 5.41) is 14.4. The van der Waals surface area contributed by atoms with E-state index in [1.807, 2.05) is 0 Å². The van der Waals surface area contributed by atoms with E-state index in [0.717, 1.165) is 0 Å². The average Bonchev–Trinajstić information content (AvgIpc) is 2.15. The van der Waals surface area contributed by atoms with E-state index >= 15 is 0 Å². The van der Waals surface area contributed by atoms with Crippen LogP contribution in [0.1, 0.15) is 5.56 Å². The Hall–Kier alpha value is -1.03. The Kier molecular flexibility index (Phi) is 3.49. The molecule has 0 bridgehead atoms. The molecule has 0 saturated carbocycles. The van der Waals surface area contributed by atoms with Gasteiger partial charge in [-0.15, -0.1) is 12.4 Å². The molecule has 56 valence electrons. The molecule has 0 amide bonds. The minimum absolute atomic E-state index is 0. The van der Waals surface area contributed by atoms with Gasteiger partial charge < -0.3 is 5.11 Å². The number of carboxylic acid groups (broad SMARTS) is 1. The van der Waals surface area contributed by atoms with Gasteiger partial charge in [0.1, 0.15) is 0 Å². The summed E-state index contributed by atoms with van der Waals surface area (Å²) in [6, 6.07) is 0. The molecular formula is C5H7ClN2O2. The standard InChI is InChI=1S/C5H6N2O2.ClH/c8-5(9)1-4-2-6-7-3-4;/h2-3H,1H2,(H,6,7)(H,8,9);1H. The number of carboxylic acids is 1. The Balaban J connectivity index is 0.000000810. The lowest BCUT2D eigenvalue weighted by Crippen LogP contribution is -1.97. The number of nitrogens with zero attached hydrogens (tertiary/aromatic N) is 1. The van der Waals surface area contributed by atoms with Gasteiger partial charge in [0, 0.05) is 11.8 Å². The van der Waals surface area contributed by atoms with E-state index in [-0.39, 0.29) is 18.8 Å². The van der Waals surface area contributed by atoms with E-state index in [4.69, 9.17) is 5.11 Å². The molecule has 1 aromatic heterocycles. The van der Waals surface area contributed by atoms with Gasteiger partial charge in [-0.1, -0.05) is 0 Å². The first-order valence-electron chi connectivity index (χ1n) is 2.48. The Morgan fingerprint density at radius 1 is 1.80 bits per heavy atom. The van der Waals surface area contributed by atoms with Crippen LogP contribution in [-0.2, 0) is 11.2 Å². The van der Waals surface area contributed by atoms with Crippen molar-refractivity contribution in [1.82, 2.24) is 10.2 Å². The van der Waals surface area contributed by atoms with Gasteiger partial charge in [-0.3, -0.25) is 9.89 Å². The number of halogens is 1. The van der Waals surface area contributed by atoms with Crippen molar-refractivity contribution >= 4 is 18.4 Å². The van der Waals surface area contributed by atoms with Crippen molar-refractivity contribution in [3.8, 4) is 0 Å². The van der Waals surface area contributed by atoms with E-state index in [0.29, 0.717) is 5.56 Å². The van der Waals surface area contributed by atoms with Crippen LogP contribution in [0.2, 0.25) is 0 Å². The number of hydrogen-bond donors (Lipinski definition) is 2. The maximum absolute atomic E-state index is 10.0. The summed E-state index contributed by atoms with van der Waals surface area (Å²) < 4.78 is 0. The molecule has 1 aromatic rings. The topological polar surface area (TPSA) is 66.0 Å². The number of aliphatic carboxylic acids is 1. The largest absolute Gasteiger partial charge is 0.481 e. The number of rotatable bonds is 2. The maximum Gasteiger partial charge on any atom is 0.307 e. The predicted molar refractivity (Wildman–Crippen MR) is 37.2 cm³/mol. The number of aromatic nitrogens is 2. The van der Waals surface area contributed by atoms with Gasteiger partial charge in [0.2, 0.25) is 0 Å². The van der Waals surface area contributed by atoms with Crippen LogP contribution in [0.3, 0.4) is 0 Å². The summed E-state index contributed by atoms with van der Waals surface area (Å²) in [6.07, 6.45) is 3.10. The fourth-order valence-electron chi connectivity index (χ4n) is 0.549. The summed E-state index contributed by atoms with van der Waals surface area (Å²) in [5.74, 6) is -0.837. The molecule has 0 unspecified atom stereocenters. The van der Waals surface area contributed by atoms with Crippen molar-refractivity contribution in [2.24, 2.45) is 0 Å². The van der Waals surface area contributed by atoms with Crippen LogP contribution in [0.5, 0.6) is 0 Å². The van der Waals surface area contributed by atoms with Crippen LogP contribution in [0.15, 0.2) is 12.4 Å². The fourth-order valence-corrected chi connectivity index (χ4v) is 0.549. The molecule has 5 heteroatoms. The van der Waals surface area contributed by atoms with Crippen LogP contribution in [-0.4, -0.2) is 21.3 Å². The van der Waals surface area contributed by atoms with E-state index in [1.54, 1.807) is 6.20 Å². The predicted octanol–water partition coefficient (Wildman–Crippen LogP) is 0.459. The first kappa shape index (κ1) is 8.97. The zero-order chi connectivity index (χ0) is 6.69. The molecule has 0 saturated heterocycles. The van der Waals surface area contributed by atoms with Gasteiger partial charge in [0.05, 0.1) is 12.6 Å². The normalized spacial score (nSPS) is 8.40. The second-order valence-electron chi connectivity index (χ2n) is 1.68. The Morgan fingerprint density at radius 2 is 2.50 bits per heavy atom. The van der Waals surface area contributed by atoms with Crippen LogP contribution in [0.25, 0.3) is 0 Å². The zero-order valence-electron chi connectivity index (χ0n) is 5.07. The van der Waals surface area contributed by atoms with Crippen LogP contribution < -0.4 is 0 Å². The van der Waals surface area contributed by atoms with Gasteiger partial charge >= 0.3 is 5.97 Å². The van der Waals surface area contributed by atoms with Gasteiger partial charge in [-0.05, 0) is 0 Å². The highest BCUT2D eigenvalue weighted by Crippen LogP contribution is 1.93. The number of hydrogen-bond acceptors (Lipinski definition) is 2. The van der Waals surface area contributed by atoms with Crippen molar-refractivity contribution in [3.05, 3.63) is 18.0 Å². The van der Waals surface area contributed by atoms with E-state index in [9.17, 15) is 4.79 Å². The molecule has 4 nitrogen and oxygen atoms in total. The van der Waals surface area contributed by atoms with Gasteiger partial charge in [-0.25, -0.2) is 0 Å². The average molecular weight is 163 g/mol. The molecule has 0 radical (unpaired) electrons. The smallest absolute Gasteiger partial charge is 0.307 e. The molecule has 1 rings (SSSR count). The molecule has 0 atom stereocenters. The third-order valence-electron chi connectivity index (χ3n) is 0.910. The number of nitrogens with one attached hydrogen (secondary N) is 1. The van der Waals surface area contributed by atoms with Crippen molar-refractivity contribution < 1.29 is 9.90 Å². The lowest BCUT2D eigenvalue weighted by atomic mass is 10.3. The van der Waals surface area contributed by atoms with Gasteiger partial charge in [-0.2, -0.15) is 5.10 Å². The van der Waals surface area contributed by atoms with Gasteiger partial charge in [0.15, 0.2) is 0 Å². The second-order valence-corrected chi connectivity index (χ2v) is 1.68. The van der Waals surface area contributed by atoms with E-state index in [1.165, 1.54) is 6.20 Å². The zero-order valence-corrected chi connectivity index (χ0v) is 5.89. The summed E-state index contributed by atoms with van der Waals surface area (Å²) >= 11 is 0. The van der Waals surface area contributed by atoms with Crippen LogP contribution in [0.4, 0.5) is 0 Å². The highest BCUT2D eigenvalue weighted by atomic mass is 35.5. The Bertz CT molecular complexity index is 197. The highest BCUT2D eigenvalue weighted by molar-refractivity contribution is 5.85. The highest BCUT2D eigenvalue weighted by Gasteiger charge is 1.98. The van der Waals surface area contributed by atoms with Crippen molar-refractivity contribution in [2.45, 2.75) is 6.42 Å². The molecule has 0 aliphatic heterocycles. The minimum atomic E-state index is -0.837. The molecule has 2 N–H and O–H groups in total. The van der Waals surface area contributed by atoms with Crippen molar-refractivity contribution in [2.75, 3.05) is 0 Å². The molecular weight excluding hydrogens is 156 g/mol. The SMILES string of the molecule is Cl.O=C(O)Cc1cn[nH]c1. The van der Waals surface area contributed by atoms with Gasteiger partial charge in [0.25, 0.3) is 0 Å². The Morgan fingerprint density at radius 3 is 2.90 bits per heavy atom. The number of H-pyrrole nitrogens is 1.